The molecule has 0 aliphatic heterocycles. The molecule has 2 saturated carbocycles. The smallest absolute Gasteiger partial charge is 0.102 e. The Bertz CT molecular complexity index is 624. The maximum Gasteiger partial charge on any atom is 0.102 e. The van der Waals surface area contributed by atoms with Crippen molar-refractivity contribution in [3.63, 3.8) is 0 Å². The number of hydrogen-bond acceptors (Lipinski definition) is 1. The Hall–Kier alpha value is -0.710. The molecule has 1 nitrogen and oxygen atoms in total. The summed E-state index contributed by atoms with van der Waals surface area (Å²) in [6, 6.07) is 6.04. The molecule has 0 spiro atoms. The summed E-state index contributed by atoms with van der Waals surface area (Å²) in [6.45, 7) is 2.30. The van der Waals surface area contributed by atoms with Gasteiger partial charge in [-0.15, -0.1) is 0 Å². The molecule has 27 heavy (non-hydrogen) atoms. The van der Waals surface area contributed by atoms with Crippen LogP contribution in [-0.4, -0.2) is 0 Å². The maximum absolute atomic E-state index is 9.14. The van der Waals surface area contributed by atoms with Crippen LogP contribution in [0.4, 0.5) is 0 Å². The van der Waals surface area contributed by atoms with E-state index in [0.29, 0.717) is 21.5 Å². The lowest BCUT2D eigenvalue weighted by atomic mass is 9.68. The number of hydrogen-bond donors (Lipinski definition) is 0. The largest absolute Gasteiger partial charge is 0.192 e. The number of unbranched alkanes of at least 4 members (excludes halogenated alkanes) is 2. The van der Waals surface area contributed by atoms with E-state index in [1.54, 1.807) is 0 Å². The van der Waals surface area contributed by atoms with Crippen molar-refractivity contribution in [2.75, 3.05) is 0 Å². The van der Waals surface area contributed by atoms with Gasteiger partial charge in [0.05, 0.1) is 15.6 Å². The van der Waals surface area contributed by atoms with Gasteiger partial charge in [-0.25, -0.2) is 0 Å². The van der Waals surface area contributed by atoms with Crippen molar-refractivity contribution in [1.29, 1.82) is 5.26 Å². The van der Waals surface area contributed by atoms with E-state index in [1.165, 1.54) is 82.6 Å². The lowest BCUT2D eigenvalue weighted by Gasteiger charge is -2.38. The molecule has 3 heteroatoms. The van der Waals surface area contributed by atoms with E-state index in [9.17, 15) is 0 Å². The lowest BCUT2D eigenvalue weighted by molar-refractivity contribution is 0.155. The minimum absolute atomic E-state index is 0.409. The highest BCUT2D eigenvalue weighted by Crippen LogP contribution is 2.45. The van der Waals surface area contributed by atoms with Crippen molar-refractivity contribution < 1.29 is 0 Å². The molecule has 2 fully saturated rings. The molecule has 0 bridgehead atoms. The minimum atomic E-state index is 0.409. The molecule has 0 heterocycles. The fourth-order valence-electron chi connectivity index (χ4n) is 5.49. The van der Waals surface area contributed by atoms with Crippen molar-refractivity contribution >= 4 is 23.2 Å². The second-order valence-electron chi connectivity index (χ2n) is 8.86. The molecular formula is C24H33Cl2N. The summed E-state index contributed by atoms with van der Waals surface area (Å²) in [7, 11) is 0. The number of nitrogens with zero attached hydrogens (tertiary/aromatic N) is 1. The zero-order valence-electron chi connectivity index (χ0n) is 16.7. The summed E-state index contributed by atoms with van der Waals surface area (Å²) in [5.74, 6) is 3.44. The van der Waals surface area contributed by atoms with E-state index in [0.717, 1.165) is 17.8 Å². The zero-order valence-corrected chi connectivity index (χ0v) is 18.2. The predicted molar refractivity (Wildman–Crippen MR) is 115 cm³/mol. The number of rotatable bonds is 6. The van der Waals surface area contributed by atoms with E-state index in [2.05, 4.69) is 13.0 Å². The van der Waals surface area contributed by atoms with Crippen molar-refractivity contribution in [3.8, 4) is 6.07 Å². The SMILES string of the molecule is CCCCC[C@H]1CC[C@H](C2CCC(c3cc(Cl)c(C#N)c(Cl)c3)CC2)CC1. The standard InChI is InChI=1S/C24H33Cl2N/c1-2-3-4-5-17-6-8-18(9-7-17)19-10-12-20(13-11-19)21-14-23(25)22(16-27)24(26)15-21/h14-15,17-20H,2-13H2,1H3/t17-,18-,19?,20?. The van der Waals surface area contributed by atoms with E-state index < -0.39 is 0 Å². The Morgan fingerprint density at radius 3 is 1.96 bits per heavy atom. The Labute approximate surface area is 175 Å². The van der Waals surface area contributed by atoms with Crippen LogP contribution in [-0.2, 0) is 0 Å². The normalized spacial score (nSPS) is 28.7. The molecule has 2 aliphatic carbocycles. The van der Waals surface area contributed by atoms with E-state index in [4.69, 9.17) is 28.5 Å². The number of halogens is 2. The van der Waals surface area contributed by atoms with Crippen molar-refractivity contribution in [2.45, 2.75) is 89.9 Å². The van der Waals surface area contributed by atoms with Gasteiger partial charge >= 0.3 is 0 Å². The Balaban J connectivity index is 1.48. The van der Waals surface area contributed by atoms with Gasteiger partial charge in [-0.3, -0.25) is 0 Å². The molecular weight excluding hydrogens is 373 g/mol. The molecule has 0 N–H and O–H groups in total. The van der Waals surface area contributed by atoms with Crippen LogP contribution >= 0.6 is 23.2 Å². The zero-order chi connectivity index (χ0) is 19.2. The van der Waals surface area contributed by atoms with Gasteiger partial charge in [-0.2, -0.15) is 5.26 Å². The maximum atomic E-state index is 9.14. The first-order chi connectivity index (χ1) is 13.1. The Kier molecular flexibility index (Phi) is 7.92. The molecule has 3 rings (SSSR count). The van der Waals surface area contributed by atoms with Crippen LogP contribution in [0.15, 0.2) is 12.1 Å². The molecule has 1 aromatic carbocycles. The van der Waals surface area contributed by atoms with Crippen molar-refractivity contribution in [1.82, 2.24) is 0 Å². The molecule has 0 aromatic heterocycles. The third-order valence-electron chi connectivity index (χ3n) is 7.19. The van der Waals surface area contributed by atoms with E-state index >= 15 is 0 Å². The summed E-state index contributed by atoms with van der Waals surface area (Å²) >= 11 is 12.5. The molecule has 148 valence electrons. The van der Waals surface area contributed by atoms with Crippen LogP contribution in [0.5, 0.6) is 0 Å². The highest BCUT2D eigenvalue weighted by molar-refractivity contribution is 6.36. The third-order valence-corrected chi connectivity index (χ3v) is 7.79. The van der Waals surface area contributed by atoms with Crippen LogP contribution in [0.3, 0.4) is 0 Å². The second-order valence-corrected chi connectivity index (χ2v) is 9.67. The summed E-state index contributed by atoms with van der Waals surface area (Å²) < 4.78 is 0. The molecule has 0 unspecified atom stereocenters. The molecule has 0 radical (unpaired) electrons. The van der Waals surface area contributed by atoms with Crippen LogP contribution < -0.4 is 0 Å². The second kappa shape index (κ2) is 10.2. The first kappa shape index (κ1) is 21.0. The van der Waals surface area contributed by atoms with Gasteiger partial charge in [0, 0.05) is 0 Å². The monoisotopic (exact) mass is 405 g/mol. The molecule has 2 aliphatic rings. The number of nitriles is 1. The molecule has 1 aromatic rings. The quantitative estimate of drug-likeness (QED) is 0.434. The van der Waals surface area contributed by atoms with Crippen molar-refractivity contribution in [2.24, 2.45) is 17.8 Å². The minimum Gasteiger partial charge on any atom is -0.192 e. The highest BCUT2D eigenvalue weighted by Gasteiger charge is 2.31. The van der Waals surface area contributed by atoms with Crippen LogP contribution in [0.25, 0.3) is 0 Å². The first-order valence-corrected chi connectivity index (χ1v) is 11.8. The van der Waals surface area contributed by atoms with Gasteiger partial charge < -0.3 is 0 Å². The molecule has 0 atom stereocenters. The highest BCUT2D eigenvalue weighted by atomic mass is 35.5. The lowest BCUT2D eigenvalue weighted by Crippen LogP contribution is -2.25. The number of benzene rings is 1. The van der Waals surface area contributed by atoms with Crippen LogP contribution in [0, 0.1) is 29.1 Å². The van der Waals surface area contributed by atoms with Gasteiger partial charge in [0.2, 0.25) is 0 Å². The predicted octanol–water partition coefficient (Wildman–Crippen LogP) is 8.53. The Morgan fingerprint density at radius 1 is 0.889 bits per heavy atom. The summed E-state index contributed by atoms with van der Waals surface area (Å²) in [6.07, 6.45) is 16.7. The van der Waals surface area contributed by atoms with Gasteiger partial charge in [-0.05, 0) is 79.9 Å². The van der Waals surface area contributed by atoms with Crippen LogP contribution in [0.2, 0.25) is 10.0 Å². The average molecular weight is 406 g/mol. The first-order valence-electron chi connectivity index (χ1n) is 11.0. The fraction of sp³-hybridized carbons (Fsp3) is 0.708. The topological polar surface area (TPSA) is 23.8 Å². The van der Waals surface area contributed by atoms with Gasteiger partial charge in [0.15, 0.2) is 0 Å². The Morgan fingerprint density at radius 2 is 1.44 bits per heavy atom. The van der Waals surface area contributed by atoms with Gasteiger partial charge in [-0.1, -0.05) is 68.7 Å². The average Bonchev–Trinajstić information content (AvgIpc) is 2.69. The van der Waals surface area contributed by atoms with Crippen molar-refractivity contribution in [3.05, 3.63) is 33.3 Å². The molecule has 0 amide bonds. The third kappa shape index (κ3) is 5.42. The fourth-order valence-corrected chi connectivity index (χ4v) is 6.08. The summed E-state index contributed by atoms with van der Waals surface area (Å²) in [5, 5.41) is 10.1. The van der Waals surface area contributed by atoms with E-state index in [1.807, 2.05) is 12.1 Å². The summed E-state index contributed by atoms with van der Waals surface area (Å²) in [5.41, 5.74) is 1.63. The van der Waals surface area contributed by atoms with Gasteiger partial charge in [0.1, 0.15) is 6.07 Å². The van der Waals surface area contributed by atoms with Crippen LogP contribution in [0.1, 0.15) is 101 Å². The molecule has 0 saturated heterocycles. The van der Waals surface area contributed by atoms with E-state index in [-0.39, 0.29) is 0 Å². The summed E-state index contributed by atoms with van der Waals surface area (Å²) in [4.78, 5) is 0. The van der Waals surface area contributed by atoms with Gasteiger partial charge in [0.25, 0.3) is 0 Å².